The first kappa shape index (κ1) is 18.8. The SMILES string of the molecule is Cc1nc(NC(=O)C(C)C)nc(NC(C)COCc2ccccc2)n1. The number of hydrogen-bond donors (Lipinski definition) is 2. The van der Waals surface area contributed by atoms with E-state index in [0.717, 1.165) is 5.56 Å². The van der Waals surface area contributed by atoms with Gasteiger partial charge in [-0.3, -0.25) is 10.1 Å². The van der Waals surface area contributed by atoms with Gasteiger partial charge in [0, 0.05) is 12.0 Å². The summed E-state index contributed by atoms with van der Waals surface area (Å²) in [5, 5.41) is 5.86. The third kappa shape index (κ3) is 6.46. The van der Waals surface area contributed by atoms with Gasteiger partial charge in [0.05, 0.1) is 13.2 Å². The number of nitrogens with one attached hydrogen (secondary N) is 2. The minimum Gasteiger partial charge on any atom is -0.375 e. The van der Waals surface area contributed by atoms with Gasteiger partial charge in [-0.25, -0.2) is 0 Å². The maximum absolute atomic E-state index is 11.8. The predicted molar refractivity (Wildman–Crippen MR) is 97.2 cm³/mol. The van der Waals surface area contributed by atoms with E-state index in [4.69, 9.17) is 4.74 Å². The second kappa shape index (κ2) is 9.08. The van der Waals surface area contributed by atoms with Gasteiger partial charge < -0.3 is 10.1 Å². The van der Waals surface area contributed by atoms with E-state index < -0.39 is 0 Å². The zero-order chi connectivity index (χ0) is 18.2. The number of ether oxygens (including phenoxy) is 1. The van der Waals surface area contributed by atoms with E-state index in [-0.39, 0.29) is 23.8 Å². The molecule has 0 spiro atoms. The number of anilines is 2. The van der Waals surface area contributed by atoms with Crippen LogP contribution in [0.2, 0.25) is 0 Å². The van der Waals surface area contributed by atoms with E-state index in [1.807, 2.05) is 51.1 Å². The van der Waals surface area contributed by atoms with E-state index in [1.54, 1.807) is 6.92 Å². The number of carbonyl (C=O) groups excluding carboxylic acids is 1. The molecule has 7 heteroatoms. The topological polar surface area (TPSA) is 89.0 Å². The van der Waals surface area contributed by atoms with Gasteiger partial charge in [0.25, 0.3) is 0 Å². The van der Waals surface area contributed by atoms with Crippen LogP contribution in [0.15, 0.2) is 30.3 Å². The van der Waals surface area contributed by atoms with Gasteiger partial charge in [0.15, 0.2) is 0 Å². The van der Waals surface area contributed by atoms with Gasteiger partial charge in [-0.05, 0) is 19.4 Å². The van der Waals surface area contributed by atoms with Crippen molar-refractivity contribution >= 4 is 17.8 Å². The Balaban J connectivity index is 1.88. The quantitative estimate of drug-likeness (QED) is 0.766. The fourth-order valence-corrected chi connectivity index (χ4v) is 2.05. The molecule has 2 rings (SSSR count). The fourth-order valence-electron chi connectivity index (χ4n) is 2.05. The number of nitrogens with zero attached hydrogens (tertiary/aromatic N) is 3. The molecule has 1 atom stereocenters. The van der Waals surface area contributed by atoms with E-state index in [9.17, 15) is 4.79 Å². The first-order valence-electron chi connectivity index (χ1n) is 8.36. The minimum atomic E-state index is -0.140. The zero-order valence-corrected chi connectivity index (χ0v) is 15.1. The number of benzene rings is 1. The van der Waals surface area contributed by atoms with Gasteiger partial charge >= 0.3 is 0 Å². The molecule has 2 aromatic rings. The first-order chi connectivity index (χ1) is 11.9. The summed E-state index contributed by atoms with van der Waals surface area (Å²) < 4.78 is 5.71. The Kier molecular flexibility index (Phi) is 6.82. The van der Waals surface area contributed by atoms with Crippen molar-refractivity contribution in [1.29, 1.82) is 0 Å². The number of aromatic nitrogens is 3. The van der Waals surface area contributed by atoms with Crippen molar-refractivity contribution in [3.05, 3.63) is 41.7 Å². The Hall–Kier alpha value is -2.54. The molecule has 7 nitrogen and oxygen atoms in total. The van der Waals surface area contributed by atoms with Crippen molar-refractivity contribution in [2.45, 2.75) is 40.3 Å². The molecule has 134 valence electrons. The summed E-state index contributed by atoms with van der Waals surface area (Å²) in [6, 6.07) is 10.0. The molecule has 1 aromatic carbocycles. The molecular weight excluding hydrogens is 318 g/mol. The number of aryl methyl sites for hydroxylation is 1. The third-order valence-electron chi connectivity index (χ3n) is 3.36. The van der Waals surface area contributed by atoms with Gasteiger partial charge in [0.1, 0.15) is 5.82 Å². The molecule has 1 heterocycles. The Bertz CT molecular complexity index is 691. The number of rotatable bonds is 8. The van der Waals surface area contributed by atoms with Crippen molar-refractivity contribution in [2.24, 2.45) is 5.92 Å². The van der Waals surface area contributed by atoms with Gasteiger partial charge in [-0.2, -0.15) is 15.0 Å². The molecule has 1 amide bonds. The van der Waals surface area contributed by atoms with Crippen molar-refractivity contribution in [2.75, 3.05) is 17.2 Å². The summed E-state index contributed by atoms with van der Waals surface area (Å²) in [5.74, 6) is 0.942. The van der Waals surface area contributed by atoms with Crippen LogP contribution in [0.5, 0.6) is 0 Å². The van der Waals surface area contributed by atoms with Crippen molar-refractivity contribution < 1.29 is 9.53 Å². The smallest absolute Gasteiger partial charge is 0.234 e. The Labute approximate surface area is 148 Å². The van der Waals surface area contributed by atoms with E-state index >= 15 is 0 Å². The number of amides is 1. The highest BCUT2D eigenvalue weighted by Crippen LogP contribution is 2.09. The lowest BCUT2D eigenvalue weighted by atomic mass is 10.2. The van der Waals surface area contributed by atoms with Crippen LogP contribution in [-0.4, -0.2) is 33.5 Å². The van der Waals surface area contributed by atoms with Crippen LogP contribution in [0.4, 0.5) is 11.9 Å². The van der Waals surface area contributed by atoms with E-state index in [0.29, 0.717) is 25.0 Å². The average molecular weight is 343 g/mol. The van der Waals surface area contributed by atoms with Gasteiger partial charge in [-0.1, -0.05) is 44.2 Å². The predicted octanol–water partition coefficient (Wildman–Crippen LogP) is 2.79. The van der Waals surface area contributed by atoms with E-state index in [1.165, 1.54) is 0 Å². The van der Waals surface area contributed by atoms with Crippen molar-refractivity contribution in [3.8, 4) is 0 Å². The molecule has 0 saturated heterocycles. The summed E-state index contributed by atoms with van der Waals surface area (Å²) in [6.45, 7) is 8.43. The molecule has 0 aliphatic heterocycles. The summed E-state index contributed by atoms with van der Waals surface area (Å²) in [4.78, 5) is 24.4. The maximum atomic E-state index is 11.8. The highest BCUT2D eigenvalue weighted by atomic mass is 16.5. The van der Waals surface area contributed by atoms with Crippen LogP contribution in [0.1, 0.15) is 32.2 Å². The molecular formula is C18H25N5O2. The molecule has 1 unspecified atom stereocenters. The average Bonchev–Trinajstić information content (AvgIpc) is 2.55. The molecule has 0 fully saturated rings. The maximum Gasteiger partial charge on any atom is 0.234 e. The lowest BCUT2D eigenvalue weighted by Gasteiger charge is -2.15. The third-order valence-corrected chi connectivity index (χ3v) is 3.36. The Morgan fingerprint density at radius 2 is 1.76 bits per heavy atom. The highest BCUT2D eigenvalue weighted by molar-refractivity contribution is 5.90. The standard InChI is InChI=1S/C18H25N5O2/c1-12(2)16(24)22-18-21-14(4)20-17(23-18)19-13(3)10-25-11-15-8-6-5-7-9-15/h5-9,12-13H,10-11H2,1-4H3,(H2,19,20,21,22,23,24). The molecule has 0 aliphatic rings. The number of hydrogen-bond acceptors (Lipinski definition) is 6. The fraction of sp³-hybridized carbons (Fsp3) is 0.444. The Morgan fingerprint density at radius 1 is 1.08 bits per heavy atom. The monoisotopic (exact) mass is 343 g/mol. The van der Waals surface area contributed by atoms with Crippen LogP contribution in [0.25, 0.3) is 0 Å². The van der Waals surface area contributed by atoms with Gasteiger partial charge in [-0.15, -0.1) is 0 Å². The molecule has 2 N–H and O–H groups in total. The zero-order valence-electron chi connectivity index (χ0n) is 15.1. The largest absolute Gasteiger partial charge is 0.375 e. The second-order valence-corrected chi connectivity index (χ2v) is 6.22. The molecule has 1 aromatic heterocycles. The van der Waals surface area contributed by atoms with Crippen LogP contribution in [0, 0.1) is 12.8 Å². The van der Waals surface area contributed by atoms with Crippen molar-refractivity contribution in [1.82, 2.24) is 15.0 Å². The van der Waals surface area contributed by atoms with Gasteiger partial charge in [0.2, 0.25) is 17.8 Å². The van der Waals surface area contributed by atoms with Crippen LogP contribution < -0.4 is 10.6 Å². The molecule has 0 aliphatic carbocycles. The molecule has 0 bridgehead atoms. The van der Waals surface area contributed by atoms with Crippen molar-refractivity contribution in [3.63, 3.8) is 0 Å². The first-order valence-corrected chi connectivity index (χ1v) is 8.36. The number of carbonyl (C=O) groups is 1. The summed E-state index contributed by atoms with van der Waals surface area (Å²) in [5.41, 5.74) is 1.13. The highest BCUT2D eigenvalue weighted by Gasteiger charge is 2.12. The Morgan fingerprint density at radius 3 is 2.44 bits per heavy atom. The minimum absolute atomic E-state index is 0.0131. The molecule has 25 heavy (non-hydrogen) atoms. The lowest BCUT2D eigenvalue weighted by molar-refractivity contribution is -0.118. The summed E-state index contributed by atoms with van der Waals surface area (Å²) in [7, 11) is 0. The van der Waals surface area contributed by atoms with Crippen LogP contribution in [0.3, 0.4) is 0 Å². The van der Waals surface area contributed by atoms with Crippen LogP contribution >= 0.6 is 0 Å². The van der Waals surface area contributed by atoms with E-state index in [2.05, 4.69) is 25.6 Å². The summed E-state index contributed by atoms with van der Waals surface area (Å²) >= 11 is 0. The molecule has 0 saturated carbocycles. The second-order valence-electron chi connectivity index (χ2n) is 6.22. The molecule has 0 radical (unpaired) electrons. The van der Waals surface area contributed by atoms with Crippen LogP contribution in [-0.2, 0) is 16.1 Å². The summed E-state index contributed by atoms with van der Waals surface area (Å²) in [6.07, 6.45) is 0. The normalized spacial score (nSPS) is 12.0. The lowest BCUT2D eigenvalue weighted by Crippen LogP contribution is -2.25.